The molecule has 1 atom stereocenters. The van der Waals surface area contributed by atoms with Crippen molar-refractivity contribution in [2.75, 3.05) is 46.0 Å². The van der Waals surface area contributed by atoms with Crippen LogP contribution in [0.5, 0.6) is 0 Å². The molecule has 0 saturated carbocycles. The lowest BCUT2D eigenvalue weighted by molar-refractivity contribution is -0.153. The predicted octanol–water partition coefficient (Wildman–Crippen LogP) is 0.885. The van der Waals surface area contributed by atoms with Gasteiger partial charge in [-0.1, -0.05) is 12.1 Å². The number of morpholine rings is 2. The van der Waals surface area contributed by atoms with Crippen LogP contribution in [0, 0.1) is 5.82 Å². The van der Waals surface area contributed by atoms with Gasteiger partial charge in [-0.3, -0.25) is 9.69 Å². The zero-order chi connectivity index (χ0) is 15.4. The Bertz CT molecular complexity index is 520. The molecule has 1 aromatic rings. The van der Waals surface area contributed by atoms with E-state index in [4.69, 9.17) is 9.47 Å². The van der Waals surface area contributed by atoms with Crippen molar-refractivity contribution in [3.05, 3.63) is 35.6 Å². The largest absolute Gasteiger partial charge is 0.378 e. The summed E-state index contributed by atoms with van der Waals surface area (Å²) in [6.45, 7) is 4.89. The minimum atomic E-state index is -0.430. The molecule has 2 aliphatic heterocycles. The average molecular weight is 308 g/mol. The zero-order valence-corrected chi connectivity index (χ0v) is 12.5. The maximum absolute atomic E-state index is 13.3. The fraction of sp³-hybridized carbons (Fsp3) is 0.562. The highest BCUT2D eigenvalue weighted by molar-refractivity contribution is 5.81. The van der Waals surface area contributed by atoms with Crippen molar-refractivity contribution in [2.24, 2.45) is 0 Å². The molecule has 120 valence electrons. The van der Waals surface area contributed by atoms with E-state index in [1.807, 2.05) is 6.07 Å². The molecule has 2 aliphatic rings. The highest BCUT2D eigenvalue weighted by atomic mass is 19.1. The Hall–Kier alpha value is -1.50. The van der Waals surface area contributed by atoms with Crippen LogP contribution in [0.15, 0.2) is 24.3 Å². The summed E-state index contributed by atoms with van der Waals surface area (Å²) in [6.07, 6.45) is -0.430. The van der Waals surface area contributed by atoms with Gasteiger partial charge in [-0.05, 0) is 17.7 Å². The molecular weight excluding hydrogens is 287 g/mol. The van der Waals surface area contributed by atoms with Crippen LogP contribution in [0.3, 0.4) is 0 Å². The first-order chi connectivity index (χ1) is 10.7. The Morgan fingerprint density at radius 2 is 2.05 bits per heavy atom. The Labute approximate surface area is 129 Å². The Kier molecular flexibility index (Phi) is 5.02. The fourth-order valence-corrected chi connectivity index (χ4v) is 2.88. The Balaban J connectivity index is 1.57. The lowest BCUT2D eigenvalue weighted by atomic mass is 10.1. The molecule has 1 aromatic carbocycles. The second-order valence-corrected chi connectivity index (χ2v) is 5.66. The van der Waals surface area contributed by atoms with Crippen molar-refractivity contribution >= 4 is 5.91 Å². The highest BCUT2D eigenvalue weighted by Crippen LogP contribution is 2.14. The molecule has 1 unspecified atom stereocenters. The summed E-state index contributed by atoms with van der Waals surface area (Å²) >= 11 is 0. The maximum atomic E-state index is 13.3. The molecule has 2 saturated heterocycles. The number of carbonyl (C=O) groups excluding carboxylic acids is 1. The minimum Gasteiger partial charge on any atom is -0.378 e. The third-order valence-corrected chi connectivity index (χ3v) is 4.04. The quantitative estimate of drug-likeness (QED) is 0.831. The van der Waals surface area contributed by atoms with Gasteiger partial charge in [-0.2, -0.15) is 0 Å². The second-order valence-electron chi connectivity index (χ2n) is 5.66. The van der Waals surface area contributed by atoms with E-state index in [1.54, 1.807) is 11.0 Å². The average Bonchev–Trinajstić information content (AvgIpc) is 2.55. The number of hydrogen-bond acceptors (Lipinski definition) is 4. The smallest absolute Gasteiger partial charge is 0.253 e. The minimum absolute atomic E-state index is 0.0345. The van der Waals surface area contributed by atoms with Gasteiger partial charge in [0, 0.05) is 32.7 Å². The van der Waals surface area contributed by atoms with Crippen LogP contribution < -0.4 is 0 Å². The first kappa shape index (κ1) is 15.4. The third kappa shape index (κ3) is 3.82. The topological polar surface area (TPSA) is 42.0 Å². The molecule has 22 heavy (non-hydrogen) atoms. The molecule has 0 aromatic heterocycles. The molecule has 0 bridgehead atoms. The maximum Gasteiger partial charge on any atom is 0.253 e. The van der Waals surface area contributed by atoms with E-state index < -0.39 is 6.10 Å². The predicted molar refractivity (Wildman–Crippen MR) is 78.8 cm³/mol. The van der Waals surface area contributed by atoms with E-state index in [9.17, 15) is 9.18 Å². The van der Waals surface area contributed by atoms with E-state index in [-0.39, 0.29) is 11.7 Å². The van der Waals surface area contributed by atoms with Gasteiger partial charge < -0.3 is 14.4 Å². The zero-order valence-electron chi connectivity index (χ0n) is 12.5. The van der Waals surface area contributed by atoms with Crippen LogP contribution in [-0.2, 0) is 20.8 Å². The molecule has 2 fully saturated rings. The molecule has 3 rings (SSSR count). The molecule has 0 N–H and O–H groups in total. The first-order valence-corrected chi connectivity index (χ1v) is 7.67. The van der Waals surface area contributed by atoms with Gasteiger partial charge in [0.25, 0.3) is 5.91 Å². The lowest BCUT2D eigenvalue weighted by Crippen LogP contribution is -2.53. The molecule has 6 heteroatoms. The normalized spacial score (nSPS) is 23.5. The molecule has 1 amide bonds. The summed E-state index contributed by atoms with van der Waals surface area (Å²) in [5.74, 6) is -0.195. The number of hydrogen-bond donors (Lipinski definition) is 0. The highest BCUT2D eigenvalue weighted by Gasteiger charge is 2.30. The molecule has 0 spiro atoms. The van der Waals surface area contributed by atoms with Crippen molar-refractivity contribution in [3.63, 3.8) is 0 Å². The number of amides is 1. The Morgan fingerprint density at radius 3 is 2.82 bits per heavy atom. The van der Waals surface area contributed by atoms with Crippen LogP contribution >= 0.6 is 0 Å². The van der Waals surface area contributed by atoms with Gasteiger partial charge in [-0.15, -0.1) is 0 Å². The van der Waals surface area contributed by atoms with Gasteiger partial charge in [0.15, 0.2) is 0 Å². The fourth-order valence-electron chi connectivity index (χ4n) is 2.88. The number of nitrogens with zero attached hydrogens (tertiary/aromatic N) is 2. The van der Waals surface area contributed by atoms with Crippen LogP contribution in [0.2, 0.25) is 0 Å². The number of halogens is 1. The molecule has 0 aliphatic carbocycles. The van der Waals surface area contributed by atoms with E-state index in [1.165, 1.54) is 12.1 Å². The van der Waals surface area contributed by atoms with Crippen LogP contribution in [0.4, 0.5) is 4.39 Å². The lowest BCUT2D eigenvalue weighted by Gasteiger charge is -2.36. The molecular formula is C16H21FN2O3. The number of rotatable bonds is 3. The Morgan fingerprint density at radius 1 is 1.23 bits per heavy atom. The van der Waals surface area contributed by atoms with E-state index in [2.05, 4.69) is 4.90 Å². The second kappa shape index (κ2) is 7.17. The summed E-state index contributed by atoms with van der Waals surface area (Å²) in [4.78, 5) is 16.4. The van der Waals surface area contributed by atoms with Gasteiger partial charge in [0.2, 0.25) is 0 Å². The summed E-state index contributed by atoms with van der Waals surface area (Å²) in [6, 6.07) is 6.58. The van der Waals surface area contributed by atoms with Crippen molar-refractivity contribution in [1.82, 2.24) is 9.80 Å². The summed E-state index contributed by atoms with van der Waals surface area (Å²) in [5, 5.41) is 0. The summed E-state index contributed by atoms with van der Waals surface area (Å²) < 4.78 is 24.2. The van der Waals surface area contributed by atoms with Crippen LogP contribution in [0.25, 0.3) is 0 Å². The van der Waals surface area contributed by atoms with Crippen molar-refractivity contribution in [2.45, 2.75) is 12.6 Å². The molecule has 5 nitrogen and oxygen atoms in total. The summed E-state index contributed by atoms with van der Waals surface area (Å²) in [7, 11) is 0. The van der Waals surface area contributed by atoms with Crippen LogP contribution in [0.1, 0.15) is 5.56 Å². The number of carbonyl (C=O) groups is 1. The third-order valence-electron chi connectivity index (χ3n) is 4.04. The van der Waals surface area contributed by atoms with Crippen molar-refractivity contribution < 1.29 is 18.7 Å². The van der Waals surface area contributed by atoms with Gasteiger partial charge in [0.05, 0.1) is 19.8 Å². The van der Waals surface area contributed by atoms with Gasteiger partial charge in [-0.25, -0.2) is 4.39 Å². The van der Waals surface area contributed by atoms with Crippen LogP contribution in [-0.4, -0.2) is 67.8 Å². The van der Waals surface area contributed by atoms with Crippen molar-refractivity contribution in [1.29, 1.82) is 0 Å². The van der Waals surface area contributed by atoms with E-state index >= 15 is 0 Å². The van der Waals surface area contributed by atoms with Gasteiger partial charge in [0.1, 0.15) is 11.9 Å². The van der Waals surface area contributed by atoms with E-state index in [0.29, 0.717) is 46.0 Å². The standard InChI is InChI=1S/C16H21FN2O3/c17-14-3-1-2-13(10-14)11-18-4-9-22-15(12-18)16(20)19-5-7-21-8-6-19/h1-3,10,15H,4-9,11-12H2. The monoisotopic (exact) mass is 308 g/mol. The number of benzene rings is 1. The SMILES string of the molecule is O=C(C1CN(Cc2cccc(F)c2)CCO1)N1CCOCC1. The van der Waals surface area contributed by atoms with Crippen molar-refractivity contribution in [3.8, 4) is 0 Å². The van der Waals surface area contributed by atoms with E-state index in [0.717, 1.165) is 12.1 Å². The molecule has 0 radical (unpaired) electrons. The summed E-state index contributed by atoms with van der Waals surface area (Å²) in [5.41, 5.74) is 0.916. The molecule has 2 heterocycles. The first-order valence-electron chi connectivity index (χ1n) is 7.67. The number of ether oxygens (including phenoxy) is 2. The van der Waals surface area contributed by atoms with Gasteiger partial charge >= 0.3 is 0 Å².